The van der Waals surface area contributed by atoms with Gasteiger partial charge in [-0.2, -0.15) is 0 Å². The van der Waals surface area contributed by atoms with Crippen LogP contribution in [-0.4, -0.2) is 48.4 Å². The van der Waals surface area contributed by atoms with Gasteiger partial charge in [-0.3, -0.25) is 0 Å². The monoisotopic (exact) mass is 314 g/mol. The molecule has 0 amide bonds. The highest BCUT2D eigenvalue weighted by molar-refractivity contribution is 5.85. The van der Waals surface area contributed by atoms with E-state index >= 15 is 0 Å². The summed E-state index contributed by atoms with van der Waals surface area (Å²) in [6, 6.07) is 7.20. The summed E-state index contributed by atoms with van der Waals surface area (Å²) in [7, 11) is 3.61. The number of hydrogen-bond acceptors (Lipinski definition) is 6. The summed E-state index contributed by atoms with van der Waals surface area (Å²) in [5.41, 5.74) is 1.82. The van der Waals surface area contributed by atoms with Crippen LogP contribution in [0.5, 0.6) is 5.75 Å². The SMILES string of the molecule is CNc1ncnc(N2CCC(OC)CC2)c1-c1cccc(O)c1. The predicted octanol–water partition coefficient (Wildman–Crippen LogP) is 2.51. The van der Waals surface area contributed by atoms with Crippen LogP contribution in [0.3, 0.4) is 0 Å². The first kappa shape index (κ1) is 15.6. The lowest BCUT2D eigenvalue weighted by molar-refractivity contribution is 0.0818. The highest BCUT2D eigenvalue weighted by Gasteiger charge is 2.24. The van der Waals surface area contributed by atoms with Crippen molar-refractivity contribution < 1.29 is 9.84 Å². The maximum Gasteiger partial charge on any atom is 0.142 e. The van der Waals surface area contributed by atoms with Gasteiger partial charge in [-0.05, 0) is 30.5 Å². The van der Waals surface area contributed by atoms with Crippen molar-refractivity contribution in [3.63, 3.8) is 0 Å². The van der Waals surface area contributed by atoms with Gasteiger partial charge in [-0.1, -0.05) is 12.1 Å². The molecular weight excluding hydrogens is 292 g/mol. The summed E-state index contributed by atoms with van der Waals surface area (Å²) in [5.74, 6) is 1.89. The molecule has 1 aromatic carbocycles. The lowest BCUT2D eigenvalue weighted by Crippen LogP contribution is -2.37. The number of nitrogens with one attached hydrogen (secondary N) is 1. The fourth-order valence-electron chi connectivity index (χ4n) is 3.04. The van der Waals surface area contributed by atoms with Crippen molar-refractivity contribution in [3.8, 4) is 16.9 Å². The first-order valence-corrected chi connectivity index (χ1v) is 7.83. The summed E-state index contributed by atoms with van der Waals surface area (Å²) in [5, 5.41) is 12.9. The third-order valence-corrected chi connectivity index (χ3v) is 4.27. The zero-order chi connectivity index (χ0) is 16.2. The predicted molar refractivity (Wildman–Crippen MR) is 90.9 cm³/mol. The zero-order valence-electron chi connectivity index (χ0n) is 13.5. The summed E-state index contributed by atoms with van der Waals surface area (Å²) in [6.07, 6.45) is 3.86. The van der Waals surface area contributed by atoms with E-state index in [0.717, 1.165) is 48.7 Å². The molecule has 1 saturated heterocycles. The van der Waals surface area contributed by atoms with Gasteiger partial charge in [-0.25, -0.2) is 9.97 Å². The highest BCUT2D eigenvalue weighted by atomic mass is 16.5. The first-order chi connectivity index (χ1) is 11.2. The molecule has 1 aliphatic heterocycles. The summed E-state index contributed by atoms with van der Waals surface area (Å²) in [4.78, 5) is 11.1. The molecule has 0 atom stereocenters. The van der Waals surface area contributed by atoms with E-state index < -0.39 is 0 Å². The van der Waals surface area contributed by atoms with Crippen LogP contribution in [0.15, 0.2) is 30.6 Å². The van der Waals surface area contributed by atoms with Crippen LogP contribution in [0.1, 0.15) is 12.8 Å². The number of aromatic hydroxyl groups is 1. The maximum atomic E-state index is 9.81. The standard InChI is InChI=1S/C17H22N4O2/c1-18-16-15(12-4-3-5-13(22)10-12)17(20-11-19-16)21-8-6-14(23-2)7-9-21/h3-5,10-11,14,22H,6-9H2,1-2H3,(H,18,19,20). The summed E-state index contributed by atoms with van der Waals surface area (Å²) in [6.45, 7) is 1.79. The quantitative estimate of drug-likeness (QED) is 0.903. The van der Waals surface area contributed by atoms with E-state index in [9.17, 15) is 5.11 Å². The minimum atomic E-state index is 0.234. The number of ether oxygens (including phenoxy) is 1. The fourth-order valence-corrected chi connectivity index (χ4v) is 3.04. The van der Waals surface area contributed by atoms with Gasteiger partial charge in [0.1, 0.15) is 23.7 Å². The molecule has 3 rings (SSSR count). The van der Waals surface area contributed by atoms with Crippen LogP contribution in [0.4, 0.5) is 11.6 Å². The number of benzene rings is 1. The van der Waals surface area contributed by atoms with Crippen LogP contribution < -0.4 is 10.2 Å². The van der Waals surface area contributed by atoms with E-state index in [0.29, 0.717) is 6.10 Å². The third-order valence-electron chi connectivity index (χ3n) is 4.27. The molecule has 0 spiro atoms. The number of methoxy groups -OCH3 is 1. The van der Waals surface area contributed by atoms with Crippen molar-refractivity contribution in [2.75, 3.05) is 37.5 Å². The Morgan fingerprint density at radius 3 is 2.70 bits per heavy atom. The molecule has 1 aliphatic rings. The van der Waals surface area contributed by atoms with Crippen LogP contribution in [0.2, 0.25) is 0 Å². The minimum absolute atomic E-state index is 0.234. The second-order valence-corrected chi connectivity index (χ2v) is 5.64. The number of anilines is 2. The lowest BCUT2D eigenvalue weighted by Gasteiger charge is -2.33. The Morgan fingerprint density at radius 2 is 2.04 bits per heavy atom. The molecule has 6 heteroatoms. The topological polar surface area (TPSA) is 70.5 Å². The molecule has 1 fully saturated rings. The second kappa shape index (κ2) is 6.83. The zero-order valence-corrected chi connectivity index (χ0v) is 13.5. The number of aromatic nitrogens is 2. The van der Waals surface area contributed by atoms with Crippen molar-refractivity contribution >= 4 is 11.6 Å². The number of phenols is 1. The van der Waals surface area contributed by atoms with Crippen molar-refractivity contribution in [2.24, 2.45) is 0 Å². The van der Waals surface area contributed by atoms with Gasteiger partial charge < -0.3 is 20.1 Å². The van der Waals surface area contributed by atoms with Gasteiger partial charge in [0, 0.05) is 27.2 Å². The Balaban J connectivity index is 2.01. The lowest BCUT2D eigenvalue weighted by atomic mass is 10.0. The fraction of sp³-hybridized carbons (Fsp3) is 0.412. The van der Waals surface area contributed by atoms with Crippen molar-refractivity contribution in [1.82, 2.24) is 9.97 Å². The van der Waals surface area contributed by atoms with Gasteiger partial charge in [0.2, 0.25) is 0 Å². The molecule has 0 unspecified atom stereocenters. The van der Waals surface area contributed by atoms with Gasteiger partial charge in [0.05, 0.1) is 11.7 Å². The number of nitrogens with zero attached hydrogens (tertiary/aromatic N) is 3. The summed E-state index contributed by atoms with van der Waals surface area (Å²) >= 11 is 0. The Bertz CT molecular complexity index is 669. The Morgan fingerprint density at radius 1 is 1.26 bits per heavy atom. The Hall–Kier alpha value is -2.34. The molecule has 0 aliphatic carbocycles. The summed E-state index contributed by atoms with van der Waals surface area (Å²) < 4.78 is 5.45. The third kappa shape index (κ3) is 3.22. The molecule has 122 valence electrons. The molecule has 0 radical (unpaired) electrons. The molecule has 0 saturated carbocycles. The largest absolute Gasteiger partial charge is 0.508 e. The number of hydrogen-bond donors (Lipinski definition) is 2. The van der Waals surface area contributed by atoms with Gasteiger partial charge in [0.15, 0.2) is 0 Å². The van der Waals surface area contributed by atoms with Crippen molar-refractivity contribution in [1.29, 1.82) is 0 Å². The molecule has 0 bridgehead atoms. The molecule has 2 aromatic rings. The molecule has 1 aromatic heterocycles. The Labute approximate surface area is 136 Å². The molecule has 6 nitrogen and oxygen atoms in total. The second-order valence-electron chi connectivity index (χ2n) is 5.64. The van der Waals surface area contributed by atoms with Crippen LogP contribution >= 0.6 is 0 Å². The van der Waals surface area contributed by atoms with Gasteiger partial charge in [0.25, 0.3) is 0 Å². The van der Waals surface area contributed by atoms with E-state index in [-0.39, 0.29) is 5.75 Å². The molecule has 2 N–H and O–H groups in total. The molecule has 23 heavy (non-hydrogen) atoms. The van der Waals surface area contributed by atoms with Crippen LogP contribution in [0.25, 0.3) is 11.1 Å². The van der Waals surface area contributed by atoms with E-state index in [1.54, 1.807) is 25.6 Å². The van der Waals surface area contributed by atoms with Crippen LogP contribution in [0, 0.1) is 0 Å². The van der Waals surface area contributed by atoms with Gasteiger partial charge in [-0.15, -0.1) is 0 Å². The smallest absolute Gasteiger partial charge is 0.142 e. The maximum absolute atomic E-state index is 9.81. The van der Waals surface area contributed by atoms with Crippen molar-refractivity contribution in [3.05, 3.63) is 30.6 Å². The number of piperidine rings is 1. The van der Waals surface area contributed by atoms with Crippen LogP contribution in [-0.2, 0) is 4.74 Å². The van der Waals surface area contributed by atoms with E-state index in [4.69, 9.17) is 4.74 Å². The normalized spacial score (nSPS) is 15.7. The van der Waals surface area contributed by atoms with Crippen molar-refractivity contribution in [2.45, 2.75) is 18.9 Å². The minimum Gasteiger partial charge on any atom is -0.508 e. The highest BCUT2D eigenvalue weighted by Crippen LogP contribution is 2.36. The van der Waals surface area contributed by atoms with E-state index in [1.165, 1.54) is 0 Å². The van der Waals surface area contributed by atoms with E-state index in [2.05, 4.69) is 20.2 Å². The number of phenolic OH excluding ortho intramolecular Hbond substituents is 1. The van der Waals surface area contributed by atoms with E-state index in [1.807, 2.05) is 19.2 Å². The average Bonchev–Trinajstić information content (AvgIpc) is 2.61. The van der Waals surface area contributed by atoms with Gasteiger partial charge >= 0.3 is 0 Å². The average molecular weight is 314 g/mol. The molecule has 2 heterocycles. The Kier molecular flexibility index (Phi) is 4.62. The number of rotatable bonds is 4. The molecular formula is C17H22N4O2. The first-order valence-electron chi connectivity index (χ1n) is 7.83.